The molecule has 27 heavy (non-hydrogen) atoms. The molecule has 3 rings (SSSR count). The number of aromatic amines is 1. The number of nitrogens with zero attached hydrogens (tertiary/aromatic N) is 1. The number of nitrogens with one attached hydrogen (secondary N) is 1. The standard InChI is InChI=1S/C20H22N2O4S/c1-2-11-25-15-7-9-16(10-8-15)26-12-13-27-20-21-17-5-3-4-6-18(17)22(20)14-19(23)24/h3-10H,2,11-14H2,1H3,(H,23,24)/p+1. The first-order chi connectivity index (χ1) is 13.2. The molecule has 6 nitrogen and oxygen atoms in total. The Morgan fingerprint density at radius 3 is 2.41 bits per heavy atom. The van der Waals surface area contributed by atoms with E-state index in [9.17, 15) is 9.90 Å². The van der Waals surface area contributed by atoms with Gasteiger partial charge in [-0.25, -0.2) is 14.3 Å². The molecule has 0 saturated carbocycles. The summed E-state index contributed by atoms with van der Waals surface area (Å²) < 4.78 is 13.1. The van der Waals surface area contributed by atoms with Crippen molar-refractivity contribution in [1.29, 1.82) is 0 Å². The summed E-state index contributed by atoms with van der Waals surface area (Å²) in [7, 11) is 0. The molecule has 142 valence electrons. The molecule has 0 aliphatic carbocycles. The molecule has 0 aliphatic rings. The maximum Gasteiger partial charge on any atom is 0.346 e. The van der Waals surface area contributed by atoms with Gasteiger partial charge in [-0.05, 0) is 54.6 Å². The second-order valence-corrected chi connectivity index (χ2v) is 7.03. The number of carboxylic acid groups (broad SMARTS) is 1. The van der Waals surface area contributed by atoms with Crippen molar-refractivity contribution in [2.75, 3.05) is 19.0 Å². The molecule has 0 atom stereocenters. The fraction of sp³-hybridized carbons (Fsp3) is 0.300. The van der Waals surface area contributed by atoms with Gasteiger partial charge in [-0.15, -0.1) is 0 Å². The van der Waals surface area contributed by atoms with Gasteiger partial charge in [0.1, 0.15) is 11.5 Å². The zero-order chi connectivity index (χ0) is 19.1. The van der Waals surface area contributed by atoms with Crippen LogP contribution < -0.4 is 14.0 Å². The van der Waals surface area contributed by atoms with Gasteiger partial charge in [0.25, 0.3) is 0 Å². The second-order valence-electron chi connectivity index (χ2n) is 5.94. The van der Waals surface area contributed by atoms with E-state index >= 15 is 0 Å². The van der Waals surface area contributed by atoms with Gasteiger partial charge in [-0.1, -0.05) is 19.1 Å². The minimum atomic E-state index is -0.867. The summed E-state index contributed by atoms with van der Waals surface area (Å²) in [6.45, 7) is 3.22. The van der Waals surface area contributed by atoms with Crippen LogP contribution in [0, 0.1) is 0 Å². The minimum absolute atomic E-state index is 0.0770. The molecule has 0 fully saturated rings. The molecule has 0 spiro atoms. The number of para-hydroxylation sites is 2. The zero-order valence-corrected chi connectivity index (χ0v) is 16.0. The third kappa shape index (κ3) is 5.17. The van der Waals surface area contributed by atoms with E-state index in [1.54, 1.807) is 16.3 Å². The number of thioether (sulfide) groups is 1. The van der Waals surface area contributed by atoms with Crippen LogP contribution in [0.2, 0.25) is 0 Å². The van der Waals surface area contributed by atoms with Crippen molar-refractivity contribution in [2.24, 2.45) is 0 Å². The lowest BCUT2D eigenvalue weighted by Crippen LogP contribution is -2.39. The predicted octanol–water partition coefficient (Wildman–Crippen LogP) is 3.50. The Morgan fingerprint density at radius 1 is 1.07 bits per heavy atom. The first-order valence-corrected chi connectivity index (χ1v) is 9.86. The topological polar surface area (TPSA) is 75.4 Å². The SMILES string of the molecule is CCCOc1ccc(OCCSc2[nH]c3ccccc3[n+]2CC(=O)O)cc1. The first-order valence-electron chi connectivity index (χ1n) is 8.88. The van der Waals surface area contributed by atoms with E-state index in [2.05, 4.69) is 11.9 Å². The van der Waals surface area contributed by atoms with E-state index in [0.717, 1.165) is 34.1 Å². The summed E-state index contributed by atoms with van der Waals surface area (Å²) in [4.78, 5) is 14.5. The van der Waals surface area contributed by atoms with E-state index < -0.39 is 5.97 Å². The molecule has 0 bridgehead atoms. The summed E-state index contributed by atoms with van der Waals surface area (Å²) in [5, 5.41) is 10.00. The maximum atomic E-state index is 11.2. The molecule has 3 aromatic rings. The quantitative estimate of drug-likeness (QED) is 0.316. The van der Waals surface area contributed by atoms with Crippen molar-refractivity contribution in [3.8, 4) is 11.5 Å². The van der Waals surface area contributed by atoms with Crippen molar-refractivity contribution in [3.63, 3.8) is 0 Å². The van der Waals surface area contributed by atoms with Crippen LogP contribution >= 0.6 is 11.8 Å². The molecular weight excluding hydrogens is 364 g/mol. The van der Waals surface area contributed by atoms with E-state index in [-0.39, 0.29) is 6.54 Å². The zero-order valence-electron chi connectivity index (χ0n) is 15.2. The number of carboxylic acids is 1. The lowest BCUT2D eigenvalue weighted by atomic mass is 10.3. The normalized spacial score (nSPS) is 10.9. The van der Waals surface area contributed by atoms with Gasteiger partial charge >= 0.3 is 11.1 Å². The number of hydrogen-bond acceptors (Lipinski definition) is 4. The van der Waals surface area contributed by atoms with Crippen molar-refractivity contribution in [1.82, 2.24) is 4.98 Å². The van der Waals surface area contributed by atoms with Gasteiger partial charge in [0.2, 0.25) is 0 Å². The Kier molecular flexibility index (Phi) is 6.59. The lowest BCUT2D eigenvalue weighted by Gasteiger charge is -2.07. The third-order valence-corrected chi connectivity index (χ3v) is 4.83. The summed E-state index contributed by atoms with van der Waals surface area (Å²) in [5.41, 5.74) is 1.80. The largest absolute Gasteiger partial charge is 0.494 e. The first kappa shape index (κ1) is 19.1. The number of imidazole rings is 1. The summed E-state index contributed by atoms with van der Waals surface area (Å²) in [5.74, 6) is 1.45. The average Bonchev–Trinajstić information content (AvgIpc) is 3.01. The van der Waals surface area contributed by atoms with Crippen molar-refractivity contribution < 1.29 is 23.9 Å². The molecule has 0 aliphatic heterocycles. The maximum absolute atomic E-state index is 11.2. The fourth-order valence-electron chi connectivity index (χ4n) is 2.66. The summed E-state index contributed by atoms with van der Waals surface area (Å²) in [6.07, 6.45) is 0.977. The van der Waals surface area contributed by atoms with Crippen LogP contribution in [0.3, 0.4) is 0 Å². The molecule has 0 unspecified atom stereocenters. The number of benzene rings is 2. The van der Waals surface area contributed by atoms with Crippen LogP contribution in [-0.4, -0.2) is 35.0 Å². The van der Waals surface area contributed by atoms with E-state index in [1.165, 1.54) is 0 Å². The van der Waals surface area contributed by atoms with Crippen molar-refractivity contribution >= 4 is 28.8 Å². The van der Waals surface area contributed by atoms with Gasteiger partial charge in [0.15, 0.2) is 17.6 Å². The van der Waals surface area contributed by atoms with Crippen LogP contribution in [0.5, 0.6) is 11.5 Å². The van der Waals surface area contributed by atoms with Crippen molar-refractivity contribution in [2.45, 2.75) is 25.0 Å². The van der Waals surface area contributed by atoms with Crippen LogP contribution in [0.25, 0.3) is 11.0 Å². The van der Waals surface area contributed by atoms with E-state index in [4.69, 9.17) is 9.47 Å². The molecule has 2 N–H and O–H groups in total. The number of ether oxygens (including phenoxy) is 2. The average molecular weight is 387 g/mol. The summed E-state index contributed by atoms with van der Waals surface area (Å²) in [6, 6.07) is 15.3. The highest BCUT2D eigenvalue weighted by Gasteiger charge is 2.20. The Bertz CT molecular complexity index is 893. The number of aromatic nitrogens is 2. The number of hydrogen-bond donors (Lipinski definition) is 2. The molecule has 7 heteroatoms. The van der Waals surface area contributed by atoms with Crippen molar-refractivity contribution in [3.05, 3.63) is 48.5 Å². The van der Waals surface area contributed by atoms with Gasteiger partial charge < -0.3 is 14.6 Å². The number of fused-ring (bicyclic) bond motifs is 1. The minimum Gasteiger partial charge on any atom is -0.494 e. The molecule has 0 amide bonds. The number of carbonyl (C=O) groups is 1. The molecule has 2 aromatic carbocycles. The van der Waals surface area contributed by atoms with Gasteiger partial charge in [-0.2, -0.15) is 0 Å². The molecule has 0 saturated heterocycles. The Morgan fingerprint density at radius 2 is 1.74 bits per heavy atom. The monoisotopic (exact) mass is 387 g/mol. The Hall–Kier alpha value is -2.67. The Labute approximate surface area is 162 Å². The highest BCUT2D eigenvalue weighted by Crippen LogP contribution is 2.20. The summed E-state index contributed by atoms with van der Waals surface area (Å²) >= 11 is 1.54. The van der Waals surface area contributed by atoms with Gasteiger partial charge in [0.05, 0.1) is 13.2 Å². The van der Waals surface area contributed by atoms with Gasteiger partial charge in [0, 0.05) is 5.75 Å². The fourth-order valence-corrected chi connectivity index (χ4v) is 3.52. The van der Waals surface area contributed by atoms with Crippen LogP contribution in [0.1, 0.15) is 13.3 Å². The lowest BCUT2D eigenvalue weighted by molar-refractivity contribution is -0.697. The van der Waals surface area contributed by atoms with E-state index in [1.807, 2.05) is 48.5 Å². The second kappa shape index (κ2) is 9.32. The van der Waals surface area contributed by atoms with Gasteiger partial charge in [-0.3, -0.25) is 0 Å². The smallest absolute Gasteiger partial charge is 0.346 e. The number of H-pyrrole nitrogens is 1. The predicted molar refractivity (Wildman–Crippen MR) is 105 cm³/mol. The molecule has 1 heterocycles. The van der Waals surface area contributed by atoms with Crippen LogP contribution in [0.4, 0.5) is 0 Å². The van der Waals surface area contributed by atoms with Crippen LogP contribution in [0.15, 0.2) is 53.7 Å². The highest BCUT2D eigenvalue weighted by atomic mass is 32.2. The number of aliphatic carboxylic acids is 1. The van der Waals surface area contributed by atoms with Crippen LogP contribution in [-0.2, 0) is 11.3 Å². The highest BCUT2D eigenvalue weighted by molar-refractivity contribution is 7.99. The third-order valence-electron chi connectivity index (χ3n) is 3.86. The number of rotatable bonds is 10. The molecule has 0 radical (unpaired) electrons. The molecular formula is C20H23N2O4S+. The van der Waals surface area contributed by atoms with E-state index in [0.29, 0.717) is 19.0 Å². The molecule has 1 aromatic heterocycles. The Balaban J connectivity index is 1.56.